The number of aromatic nitrogens is 1. The van der Waals surface area contributed by atoms with Gasteiger partial charge >= 0.3 is 0 Å². The Bertz CT molecular complexity index is 487. The maximum atomic E-state index is 13.0. The predicted octanol–water partition coefficient (Wildman–Crippen LogP) is 3.19. The fourth-order valence-corrected chi connectivity index (χ4v) is 1.84. The van der Waals surface area contributed by atoms with Crippen LogP contribution in [0, 0.1) is 5.82 Å². The molecule has 0 aliphatic heterocycles. The Hall–Kier alpha value is -1.55. The first-order valence-corrected chi connectivity index (χ1v) is 5.66. The number of alkyl halides is 1. The first-order chi connectivity index (χ1) is 8.20. The molecule has 0 fully saturated rings. The van der Waals surface area contributed by atoms with Gasteiger partial charge in [0.2, 0.25) is 0 Å². The molecule has 0 aliphatic carbocycles. The van der Waals surface area contributed by atoms with Crippen LogP contribution in [0.15, 0.2) is 35.3 Å². The first-order valence-electron chi connectivity index (χ1n) is 5.13. The molecule has 0 bridgehead atoms. The van der Waals surface area contributed by atoms with Crippen LogP contribution in [-0.2, 0) is 12.4 Å². The Morgan fingerprint density at radius 3 is 3.00 bits per heavy atom. The third-order valence-corrected chi connectivity index (χ3v) is 2.70. The minimum absolute atomic E-state index is 0.232. The summed E-state index contributed by atoms with van der Waals surface area (Å²) < 4.78 is 18.0. The number of furan rings is 1. The number of rotatable bonds is 4. The molecule has 0 aliphatic rings. The van der Waals surface area contributed by atoms with Gasteiger partial charge in [-0.25, -0.2) is 9.37 Å². The van der Waals surface area contributed by atoms with Crippen molar-refractivity contribution in [1.82, 2.24) is 4.98 Å². The summed E-state index contributed by atoms with van der Waals surface area (Å²) in [5.41, 5.74) is 1.71. The van der Waals surface area contributed by atoms with E-state index in [1.807, 2.05) is 18.0 Å². The fourth-order valence-electron chi connectivity index (χ4n) is 1.65. The Balaban J connectivity index is 2.21. The van der Waals surface area contributed by atoms with Gasteiger partial charge < -0.3 is 9.32 Å². The SMILES string of the molecule is CN(Cc1ccoc1)c1ncc(F)cc1CCl. The number of halogens is 2. The van der Waals surface area contributed by atoms with Crippen molar-refractivity contribution in [2.24, 2.45) is 0 Å². The highest BCUT2D eigenvalue weighted by Crippen LogP contribution is 2.21. The van der Waals surface area contributed by atoms with Crippen molar-refractivity contribution in [3.05, 3.63) is 47.8 Å². The summed E-state index contributed by atoms with van der Waals surface area (Å²) in [7, 11) is 1.88. The van der Waals surface area contributed by atoms with Crippen LogP contribution >= 0.6 is 11.6 Å². The average Bonchev–Trinajstić information content (AvgIpc) is 2.81. The summed E-state index contributed by atoms with van der Waals surface area (Å²) >= 11 is 5.78. The Morgan fingerprint density at radius 2 is 2.35 bits per heavy atom. The van der Waals surface area contributed by atoms with Gasteiger partial charge in [0, 0.05) is 24.7 Å². The summed E-state index contributed by atoms with van der Waals surface area (Å²) in [6, 6.07) is 3.28. The molecule has 2 heterocycles. The lowest BCUT2D eigenvalue weighted by molar-refractivity contribution is 0.563. The van der Waals surface area contributed by atoms with E-state index in [9.17, 15) is 4.39 Å². The molecule has 0 saturated heterocycles. The average molecular weight is 255 g/mol. The minimum Gasteiger partial charge on any atom is -0.472 e. The van der Waals surface area contributed by atoms with Gasteiger partial charge in [-0.15, -0.1) is 11.6 Å². The van der Waals surface area contributed by atoms with Crippen LogP contribution < -0.4 is 4.90 Å². The molecule has 3 nitrogen and oxygen atoms in total. The molecule has 90 valence electrons. The van der Waals surface area contributed by atoms with E-state index in [0.29, 0.717) is 17.9 Å². The fraction of sp³-hybridized carbons (Fsp3) is 0.250. The molecule has 0 saturated carbocycles. The van der Waals surface area contributed by atoms with Gasteiger partial charge in [-0.3, -0.25) is 0 Å². The molecule has 5 heteroatoms. The molecule has 0 N–H and O–H groups in total. The van der Waals surface area contributed by atoms with Crippen LogP contribution in [0.3, 0.4) is 0 Å². The zero-order valence-corrected chi connectivity index (χ0v) is 10.1. The molecule has 17 heavy (non-hydrogen) atoms. The number of anilines is 1. The second kappa shape index (κ2) is 5.19. The summed E-state index contributed by atoms with van der Waals surface area (Å²) in [6.45, 7) is 0.638. The standard InChI is InChI=1S/C12H12ClFN2O/c1-16(7-9-2-3-17-8-9)12-10(5-13)4-11(14)6-15-12/h2-4,6,8H,5,7H2,1H3. The van der Waals surface area contributed by atoms with E-state index in [-0.39, 0.29) is 11.7 Å². The number of hydrogen-bond donors (Lipinski definition) is 0. The molecular formula is C12H12ClFN2O. The molecule has 2 aromatic heterocycles. The highest BCUT2D eigenvalue weighted by molar-refractivity contribution is 6.17. The highest BCUT2D eigenvalue weighted by atomic mass is 35.5. The van der Waals surface area contributed by atoms with Gasteiger partial charge in [0.1, 0.15) is 11.6 Å². The van der Waals surface area contributed by atoms with Gasteiger partial charge in [0.25, 0.3) is 0 Å². The number of hydrogen-bond acceptors (Lipinski definition) is 3. The van der Waals surface area contributed by atoms with Gasteiger partial charge in [-0.1, -0.05) is 0 Å². The minimum atomic E-state index is -0.374. The lowest BCUT2D eigenvalue weighted by Gasteiger charge is -2.19. The molecule has 0 radical (unpaired) electrons. The third-order valence-electron chi connectivity index (χ3n) is 2.41. The Kier molecular flexibility index (Phi) is 3.64. The smallest absolute Gasteiger partial charge is 0.141 e. The number of pyridine rings is 1. The van der Waals surface area contributed by atoms with E-state index in [1.165, 1.54) is 12.3 Å². The molecule has 0 spiro atoms. The van der Waals surface area contributed by atoms with E-state index in [4.69, 9.17) is 16.0 Å². The second-order valence-electron chi connectivity index (χ2n) is 3.76. The van der Waals surface area contributed by atoms with Crippen molar-refractivity contribution in [2.75, 3.05) is 11.9 Å². The van der Waals surface area contributed by atoms with Gasteiger partial charge in [0.15, 0.2) is 0 Å². The molecule has 2 aromatic rings. The highest BCUT2D eigenvalue weighted by Gasteiger charge is 2.10. The van der Waals surface area contributed by atoms with Gasteiger partial charge in [0.05, 0.1) is 24.6 Å². The second-order valence-corrected chi connectivity index (χ2v) is 4.02. The third kappa shape index (κ3) is 2.77. The van der Waals surface area contributed by atoms with E-state index in [2.05, 4.69) is 4.98 Å². The van der Waals surface area contributed by atoms with E-state index in [1.54, 1.807) is 12.5 Å². The van der Waals surface area contributed by atoms with Crippen LogP contribution in [0.2, 0.25) is 0 Å². The molecule has 0 amide bonds. The van der Waals surface area contributed by atoms with Crippen molar-refractivity contribution in [2.45, 2.75) is 12.4 Å². The van der Waals surface area contributed by atoms with Gasteiger partial charge in [-0.2, -0.15) is 0 Å². The molecular weight excluding hydrogens is 243 g/mol. The van der Waals surface area contributed by atoms with E-state index < -0.39 is 0 Å². The maximum Gasteiger partial charge on any atom is 0.141 e. The zero-order chi connectivity index (χ0) is 12.3. The van der Waals surface area contributed by atoms with Crippen LogP contribution in [0.4, 0.5) is 10.2 Å². The maximum absolute atomic E-state index is 13.0. The molecule has 0 atom stereocenters. The topological polar surface area (TPSA) is 29.3 Å². The lowest BCUT2D eigenvalue weighted by Crippen LogP contribution is -2.19. The Labute approximate surface area is 104 Å². The van der Waals surface area contributed by atoms with Crippen molar-refractivity contribution in [1.29, 1.82) is 0 Å². The van der Waals surface area contributed by atoms with Crippen LogP contribution in [-0.4, -0.2) is 12.0 Å². The molecule has 2 rings (SSSR count). The first kappa shape index (κ1) is 11.9. The van der Waals surface area contributed by atoms with Crippen LogP contribution in [0.5, 0.6) is 0 Å². The van der Waals surface area contributed by atoms with Crippen LogP contribution in [0.1, 0.15) is 11.1 Å². The molecule has 0 aromatic carbocycles. The van der Waals surface area contributed by atoms with Crippen molar-refractivity contribution >= 4 is 17.4 Å². The quantitative estimate of drug-likeness (QED) is 0.785. The predicted molar refractivity (Wildman–Crippen MR) is 64.6 cm³/mol. The Morgan fingerprint density at radius 1 is 1.53 bits per heavy atom. The summed E-state index contributed by atoms with van der Waals surface area (Å²) in [6.07, 6.45) is 4.47. The van der Waals surface area contributed by atoms with Crippen LogP contribution in [0.25, 0.3) is 0 Å². The summed E-state index contributed by atoms with van der Waals surface area (Å²) in [5.74, 6) is 0.541. The van der Waals surface area contributed by atoms with Crippen molar-refractivity contribution in [3.63, 3.8) is 0 Å². The summed E-state index contributed by atoms with van der Waals surface area (Å²) in [4.78, 5) is 5.97. The monoisotopic (exact) mass is 254 g/mol. The molecule has 0 unspecified atom stereocenters. The lowest BCUT2D eigenvalue weighted by atomic mass is 10.2. The van der Waals surface area contributed by atoms with Crippen molar-refractivity contribution in [3.8, 4) is 0 Å². The number of nitrogens with zero attached hydrogens (tertiary/aromatic N) is 2. The zero-order valence-electron chi connectivity index (χ0n) is 9.36. The normalized spacial score (nSPS) is 10.5. The van der Waals surface area contributed by atoms with E-state index in [0.717, 1.165) is 5.56 Å². The largest absolute Gasteiger partial charge is 0.472 e. The van der Waals surface area contributed by atoms with Gasteiger partial charge in [-0.05, 0) is 12.1 Å². The van der Waals surface area contributed by atoms with Crippen molar-refractivity contribution < 1.29 is 8.81 Å². The van der Waals surface area contributed by atoms with E-state index >= 15 is 0 Å². The summed E-state index contributed by atoms with van der Waals surface area (Å²) in [5, 5.41) is 0.